The fourth-order valence-electron chi connectivity index (χ4n) is 2.15. The van der Waals surface area contributed by atoms with E-state index in [1.807, 2.05) is 31.2 Å². The van der Waals surface area contributed by atoms with E-state index >= 15 is 0 Å². The highest BCUT2D eigenvalue weighted by Crippen LogP contribution is 2.41. The number of benzene rings is 1. The minimum Gasteiger partial charge on any atom is -0.548 e. The summed E-state index contributed by atoms with van der Waals surface area (Å²) < 4.78 is 0. The number of nitrogens with zero attached hydrogens (tertiary/aromatic N) is 1. The van der Waals surface area contributed by atoms with Crippen molar-refractivity contribution in [2.75, 3.05) is 5.75 Å². The van der Waals surface area contributed by atoms with Gasteiger partial charge in [-0.05, 0) is 12.5 Å². The molecule has 1 heterocycles. The van der Waals surface area contributed by atoms with Crippen LogP contribution in [0.1, 0.15) is 23.4 Å². The second-order valence-corrected chi connectivity index (χ2v) is 5.47. The van der Waals surface area contributed by atoms with Crippen molar-refractivity contribution in [1.29, 1.82) is 0 Å². The van der Waals surface area contributed by atoms with Gasteiger partial charge in [0.1, 0.15) is 5.37 Å². The van der Waals surface area contributed by atoms with Crippen molar-refractivity contribution in [3.8, 4) is 0 Å². The van der Waals surface area contributed by atoms with Crippen LogP contribution < -0.4 is 5.11 Å². The number of amides is 1. The molecule has 1 amide bonds. The Balaban J connectivity index is 2.33. The number of carbonyl (C=O) groups excluding carboxylic acids is 2. The summed E-state index contributed by atoms with van der Waals surface area (Å²) in [6, 6.07) is 6.94. The van der Waals surface area contributed by atoms with E-state index in [2.05, 4.69) is 0 Å². The van der Waals surface area contributed by atoms with Crippen LogP contribution in [0, 0.1) is 6.92 Å². The first-order chi connectivity index (χ1) is 8.50. The van der Waals surface area contributed by atoms with Gasteiger partial charge in [0.05, 0.1) is 12.0 Å². The Bertz CT molecular complexity index is 489. The molecule has 0 aromatic heterocycles. The van der Waals surface area contributed by atoms with Gasteiger partial charge in [-0.3, -0.25) is 4.79 Å². The Morgan fingerprint density at radius 2 is 2.17 bits per heavy atom. The molecular formula is C13H14NO3S-. The van der Waals surface area contributed by atoms with E-state index in [1.165, 1.54) is 23.6 Å². The summed E-state index contributed by atoms with van der Waals surface area (Å²) in [5.74, 6) is -1.05. The number of carboxylic acid groups (broad SMARTS) is 1. The molecule has 5 heteroatoms. The van der Waals surface area contributed by atoms with Gasteiger partial charge in [0.2, 0.25) is 5.91 Å². The quantitative estimate of drug-likeness (QED) is 0.789. The molecule has 2 atom stereocenters. The average Bonchev–Trinajstić information content (AvgIpc) is 2.73. The number of carbonyl (C=O) groups is 2. The third-order valence-electron chi connectivity index (χ3n) is 2.96. The Morgan fingerprint density at radius 3 is 2.72 bits per heavy atom. The SMILES string of the molecule is CC(=O)N1C(C(=O)[O-])CSC1c1cccc(C)c1. The highest BCUT2D eigenvalue weighted by atomic mass is 32.2. The van der Waals surface area contributed by atoms with E-state index in [0.717, 1.165) is 11.1 Å². The van der Waals surface area contributed by atoms with Crippen LogP contribution >= 0.6 is 11.8 Å². The number of aryl methyl sites for hydroxylation is 1. The summed E-state index contributed by atoms with van der Waals surface area (Å²) >= 11 is 1.46. The fraction of sp³-hybridized carbons (Fsp3) is 0.385. The Kier molecular flexibility index (Phi) is 3.61. The van der Waals surface area contributed by atoms with Crippen LogP contribution in [0.15, 0.2) is 24.3 Å². The van der Waals surface area contributed by atoms with E-state index in [1.54, 1.807) is 0 Å². The third-order valence-corrected chi connectivity index (χ3v) is 4.29. The first-order valence-corrected chi connectivity index (χ1v) is 6.73. The van der Waals surface area contributed by atoms with E-state index < -0.39 is 12.0 Å². The Morgan fingerprint density at radius 1 is 1.44 bits per heavy atom. The highest BCUT2D eigenvalue weighted by molar-refractivity contribution is 7.99. The predicted molar refractivity (Wildman–Crippen MR) is 67.7 cm³/mol. The lowest BCUT2D eigenvalue weighted by atomic mass is 10.1. The molecule has 0 saturated carbocycles. The predicted octanol–water partition coefficient (Wildman–Crippen LogP) is 0.707. The minimum atomic E-state index is -1.19. The number of aliphatic carboxylic acids is 1. The molecule has 1 aromatic rings. The van der Waals surface area contributed by atoms with Crippen molar-refractivity contribution < 1.29 is 14.7 Å². The standard InChI is InChI=1S/C13H15NO3S/c1-8-4-3-5-10(6-8)12-14(9(2)15)11(7-18-12)13(16)17/h3-6,11-12H,7H2,1-2H3,(H,16,17)/p-1. The van der Waals surface area contributed by atoms with Crippen LogP contribution in [0.4, 0.5) is 0 Å². The van der Waals surface area contributed by atoms with Gasteiger partial charge in [0.25, 0.3) is 0 Å². The second kappa shape index (κ2) is 5.02. The van der Waals surface area contributed by atoms with Gasteiger partial charge in [-0.15, -0.1) is 11.8 Å². The number of hydrogen-bond donors (Lipinski definition) is 0. The second-order valence-electron chi connectivity index (χ2n) is 4.36. The molecule has 2 unspecified atom stereocenters. The van der Waals surface area contributed by atoms with Crippen molar-refractivity contribution in [3.05, 3.63) is 35.4 Å². The monoisotopic (exact) mass is 264 g/mol. The molecular weight excluding hydrogens is 250 g/mol. The summed E-state index contributed by atoms with van der Waals surface area (Å²) in [5, 5.41) is 10.8. The smallest absolute Gasteiger partial charge is 0.221 e. The zero-order valence-electron chi connectivity index (χ0n) is 10.3. The molecule has 1 aliphatic heterocycles. The molecule has 1 aromatic carbocycles. The molecule has 0 bridgehead atoms. The lowest BCUT2D eigenvalue weighted by molar-refractivity contribution is -0.310. The van der Waals surface area contributed by atoms with Crippen molar-refractivity contribution in [1.82, 2.24) is 4.90 Å². The maximum Gasteiger partial charge on any atom is 0.221 e. The number of carboxylic acids is 1. The maximum absolute atomic E-state index is 11.7. The molecule has 1 aliphatic rings. The van der Waals surface area contributed by atoms with Crippen molar-refractivity contribution in [2.24, 2.45) is 0 Å². The van der Waals surface area contributed by atoms with Crippen LogP contribution in [0.3, 0.4) is 0 Å². The molecule has 0 aliphatic carbocycles. The summed E-state index contributed by atoms with van der Waals surface area (Å²) in [7, 11) is 0. The first-order valence-electron chi connectivity index (χ1n) is 5.68. The largest absolute Gasteiger partial charge is 0.548 e. The Hall–Kier alpha value is -1.49. The molecule has 2 rings (SSSR count). The molecule has 0 N–H and O–H groups in total. The zero-order valence-corrected chi connectivity index (χ0v) is 11.1. The number of rotatable bonds is 2. The summed E-state index contributed by atoms with van der Waals surface area (Å²) in [4.78, 5) is 24.1. The van der Waals surface area contributed by atoms with E-state index in [9.17, 15) is 14.7 Å². The number of thioether (sulfide) groups is 1. The van der Waals surface area contributed by atoms with Crippen molar-refractivity contribution in [3.63, 3.8) is 0 Å². The van der Waals surface area contributed by atoms with Gasteiger partial charge < -0.3 is 14.8 Å². The Labute approximate surface area is 110 Å². The molecule has 1 fully saturated rings. The zero-order chi connectivity index (χ0) is 13.3. The van der Waals surface area contributed by atoms with Gasteiger partial charge in [0.15, 0.2) is 0 Å². The molecule has 0 radical (unpaired) electrons. The van der Waals surface area contributed by atoms with E-state index in [4.69, 9.17) is 0 Å². The molecule has 0 spiro atoms. The van der Waals surface area contributed by atoms with Gasteiger partial charge in [-0.2, -0.15) is 0 Å². The van der Waals surface area contributed by atoms with Crippen LogP contribution in [-0.4, -0.2) is 28.6 Å². The lowest BCUT2D eigenvalue weighted by Gasteiger charge is -2.29. The van der Waals surface area contributed by atoms with Gasteiger partial charge in [-0.1, -0.05) is 29.8 Å². The maximum atomic E-state index is 11.7. The van der Waals surface area contributed by atoms with E-state index in [0.29, 0.717) is 5.75 Å². The van der Waals surface area contributed by atoms with Gasteiger partial charge in [0, 0.05) is 12.7 Å². The molecule has 4 nitrogen and oxygen atoms in total. The van der Waals surface area contributed by atoms with Gasteiger partial charge in [-0.25, -0.2) is 0 Å². The van der Waals surface area contributed by atoms with Crippen molar-refractivity contribution in [2.45, 2.75) is 25.3 Å². The van der Waals surface area contributed by atoms with Crippen molar-refractivity contribution >= 4 is 23.6 Å². The van der Waals surface area contributed by atoms with E-state index in [-0.39, 0.29) is 11.3 Å². The summed E-state index contributed by atoms with van der Waals surface area (Å²) in [6.07, 6.45) is 0. The lowest BCUT2D eigenvalue weighted by Crippen LogP contribution is -2.48. The third kappa shape index (κ3) is 2.36. The minimum absolute atomic E-state index is 0.231. The van der Waals surface area contributed by atoms with Crippen LogP contribution in [0.2, 0.25) is 0 Å². The topological polar surface area (TPSA) is 60.4 Å². The summed E-state index contributed by atoms with van der Waals surface area (Å²) in [5.41, 5.74) is 2.05. The van der Waals surface area contributed by atoms with Crippen LogP contribution in [-0.2, 0) is 9.59 Å². The molecule has 1 saturated heterocycles. The molecule has 18 heavy (non-hydrogen) atoms. The highest BCUT2D eigenvalue weighted by Gasteiger charge is 2.37. The van der Waals surface area contributed by atoms with Crippen LogP contribution in [0.25, 0.3) is 0 Å². The normalized spacial score (nSPS) is 23.1. The summed E-state index contributed by atoms with van der Waals surface area (Å²) in [6.45, 7) is 3.36. The van der Waals surface area contributed by atoms with Gasteiger partial charge >= 0.3 is 0 Å². The average molecular weight is 264 g/mol. The number of hydrogen-bond acceptors (Lipinski definition) is 4. The fourth-order valence-corrected chi connectivity index (χ4v) is 3.61. The first kappa shape index (κ1) is 13.0. The van der Waals surface area contributed by atoms with Crippen LogP contribution in [0.5, 0.6) is 0 Å². The molecule has 96 valence electrons.